The Balaban J connectivity index is 1.55. The summed E-state index contributed by atoms with van der Waals surface area (Å²) in [4.78, 5) is 14.8. The van der Waals surface area contributed by atoms with Crippen LogP contribution < -0.4 is 4.90 Å². The van der Waals surface area contributed by atoms with Gasteiger partial charge in [0.1, 0.15) is 0 Å². The van der Waals surface area contributed by atoms with Crippen LogP contribution in [0.1, 0.15) is 12.8 Å². The van der Waals surface area contributed by atoms with Gasteiger partial charge in [-0.3, -0.25) is 15.0 Å². The number of hydrogen-bond acceptors (Lipinski definition) is 6. The third kappa shape index (κ3) is 3.81. The van der Waals surface area contributed by atoms with Crippen molar-refractivity contribution in [2.24, 2.45) is 0 Å². The second-order valence-electron chi connectivity index (χ2n) is 6.18. The van der Waals surface area contributed by atoms with Crippen LogP contribution in [0.25, 0.3) is 0 Å². The lowest BCUT2D eigenvalue weighted by Crippen LogP contribution is -2.50. The van der Waals surface area contributed by atoms with Gasteiger partial charge in [-0.2, -0.15) is 0 Å². The lowest BCUT2D eigenvalue weighted by atomic mass is 10.0. The fourth-order valence-electron chi connectivity index (χ4n) is 3.37. The summed E-state index contributed by atoms with van der Waals surface area (Å²) in [6.45, 7) is 3.08. The molecule has 8 heteroatoms. The highest BCUT2D eigenvalue weighted by Crippen LogP contribution is 2.25. The topological polar surface area (TPSA) is 83.8 Å². The average molecular weight is 339 g/mol. The largest absolute Gasteiger partial charge is 0.371 e. The minimum Gasteiger partial charge on any atom is -0.371 e. The zero-order valence-electron chi connectivity index (χ0n) is 12.9. The molecule has 0 bridgehead atoms. The minimum absolute atomic E-state index is 0.109. The van der Waals surface area contributed by atoms with E-state index in [0.29, 0.717) is 19.1 Å². The lowest BCUT2D eigenvalue weighted by Gasteiger charge is -2.40. The van der Waals surface area contributed by atoms with Gasteiger partial charge in [0, 0.05) is 50.0 Å². The van der Waals surface area contributed by atoms with Crippen molar-refractivity contribution in [1.29, 1.82) is 0 Å². The number of nitrogens with zero attached hydrogens (tertiary/aromatic N) is 3. The third-order valence-electron chi connectivity index (χ3n) is 4.79. The van der Waals surface area contributed by atoms with E-state index in [4.69, 9.17) is 0 Å². The second kappa shape index (κ2) is 6.45. The van der Waals surface area contributed by atoms with Gasteiger partial charge in [-0.25, -0.2) is 8.42 Å². The molecule has 126 valence electrons. The highest BCUT2D eigenvalue weighted by atomic mass is 32.2. The highest BCUT2D eigenvalue weighted by molar-refractivity contribution is 7.91. The SMILES string of the molecule is O=[N+]([O-])c1ccc(N2CCC(N3CCS(=O)(=O)CC3)CC2)cc1. The number of nitro benzene ring substituents is 1. The fourth-order valence-corrected chi connectivity index (χ4v) is 4.60. The molecule has 0 N–H and O–H groups in total. The predicted molar refractivity (Wildman–Crippen MR) is 88.6 cm³/mol. The number of rotatable bonds is 3. The van der Waals surface area contributed by atoms with Gasteiger partial charge in [-0.1, -0.05) is 0 Å². The molecule has 1 aromatic rings. The molecule has 2 heterocycles. The van der Waals surface area contributed by atoms with Gasteiger partial charge in [-0.05, 0) is 25.0 Å². The van der Waals surface area contributed by atoms with Crippen LogP contribution in [-0.2, 0) is 9.84 Å². The van der Waals surface area contributed by atoms with Gasteiger partial charge < -0.3 is 4.90 Å². The molecule has 0 radical (unpaired) electrons. The molecule has 2 fully saturated rings. The van der Waals surface area contributed by atoms with Gasteiger partial charge in [0.15, 0.2) is 9.84 Å². The summed E-state index contributed by atoms with van der Waals surface area (Å²) in [5.41, 5.74) is 1.12. The maximum atomic E-state index is 11.5. The minimum atomic E-state index is -2.83. The molecule has 0 atom stereocenters. The number of non-ortho nitro benzene ring substituents is 1. The monoisotopic (exact) mass is 339 g/mol. The van der Waals surface area contributed by atoms with E-state index in [0.717, 1.165) is 31.6 Å². The van der Waals surface area contributed by atoms with E-state index in [1.54, 1.807) is 12.1 Å². The summed E-state index contributed by atoms with van der Waals surface area (Å²) in [5, 5.41) is 10.7. The maximum absolute atomic E-state index is 11.5. The summed E-state index contributed by atoms with van der Waals surface area (Å²) >= 11 is 0. The van der Waals surface area contributed by atoms with Crippen molar-refractivity contribution < 1.29 is 13.3 Å². The van der Waals surface area contributed by atoms with Gasteiger partial charge >= 0.3 is 0 Å². The van der Waals surface area contributed by atoms with E-state index >= 15 is 0 Å². The van der Waals surface area contributed by atoms with Crippen LogP contribution in [0.15, 0.2) is 24.3 Å². The molecule has 2 aliphatic heterocycles. The molecule has 0 amide bonds. The van der Waals surface area contributed by atoms with Crippen molar-refractivity contribution in [1.82, 2.24) is 4.90 Å². The van der Waals surface area contributed by atoms with Gasteiger partial charge in [0.05, 0.1) is 16.4 Å². The summed E-state index contributed by atoms with van der Waals surface area (Å²) in [6, 6.07) is 7.12. The smallest absolute Gasteiger partial charge is 0.269 e. The number of anilines is 1. The van der Waals surface area contributed by atoms with Crippen LogP contribution in [0.2, 0.25) is 0 Å². The third-order valence-corrected chi connectivity index (χ3v) is 6.39. The highest BCUT2D eigenvalue weighted by Gasteiger charge is 2.29. The Kier molecular flexibility index (Phi) is 4.54. The Morgan fingerprint density at radius 1 is 1.00 bits per heavy atom. The van der Waals surface area contributed by atoms with E-state index in [9.17, 15) is 18.5 Å². The van der Waals surface area contributed by atoms with Crippen molar-refractivity contribution in [3.63, 3.8) is 0 Å². The number of nitro groups is 1. The van der Waals surface area contributed by atoms with E-state index in [1.807, 2.05) is 0 Å². The molecule has 2 aliphatic rings. The van der Waals surface area contributed by atoms with E-state index in [-0.39, 0.29) is 22.1 Å². The summed E-state index contributed by atoms with van der Waals surface area (Å²) in [7, 11) is -2.83. The van der Waals surface area contributed by atoms with Crippen molar-refractivity contribution in [2.45, 2.75) is 18.9 Å². The van der Waals surface area contributed by atoms with Crippen LogP contribution in [0.4, 0.5) is 11.4 Å². The number of piperidine rings is 1. The molecule has 7 nitrogen and oxygen atoms in total. The fraction of sp³-hybridized carbons (Fsp3) is 0.600. The Bertz CT molecular complexity index is 652. The Morgan fingerprint density at radius 3 is 2.09 bits per heavy atom. The van der Waals surface area contributed by atoms with Crippen LogP contribution >= 0.6 is 0 Å². The molecule has 2 saturated heterocycles. The van der Waals surface area contributed by atoms with Crippen LogP contribution in [0.5, 0.6) is 0 Å². The Hall–Kier alpha value is -1.67. The van der Waals surface area contributed by atoms with Gasteiger partial charge in [-0.15, -0.1) is 0 Å². The van der Waals surface area contributed by atoms with Crippen LogP contribution in [0.3, 0.4) is 0 Å². The first kappa shape index (κ1) is 16.2. The van der Waals surface area contributed by atoms with Crippen molar-refractivity contribution in [3.8, 4) is 0 Å². The van der Waals surface area contributed by atoms with Gasteiger partial charge in [0.2, 0.25) is 0 Å². The first-order valence-electron chi connectivity index (χ1n) is 7.88. The summed E-state index contributed by atoms with van der Waals surface area (Å²) in [5.74, 6) is 0.547. The normalized spacial score (nSPS) is 22.9. The predicted octanol–water partition coefficient (Wildman–Crippen LogP) is 1.29. The van der Waals surface area contributed by atoms with E-state index in [2.05, 4.69) is 9.80 Å². The first-order chi connectivity index (χ1) is 10.9. The van der Waals surface area contributed by atoms with Gasteiger partial charge in [0.25, 0.3) is 5.69 Å². The zero-order valence-corrected chi connectivity index (χ0v) is 13.7. The molecule has 0 saturated carbocycles. The van der Waals surface area contributed by atoms with Crippen LogP contribution in [-0.4, -0.2) is 62.0 Å². The number of sulfone groups is 1. The zero-order chi connectivity index (χ0) is 16.4. The molecule has 1 aromatic carbocycles. The molecule has 0 aromatic heterocycles. The van der Waals surface area contributed by atoms with E-state index in [1.165, 1.54) is 12.1 Å². The van der Waals surface area contributed by atoms with E-state index < -0.39 is 9.84 Å². The average Bonchev–Trinajstić information content (AvgIpc) is 2.55. The van der Waals surface area contributed by atoms with Crippen molar-refractivity contribution in [2.75, 3.05) is 42.6 Å². The molecular weight excluding hydrogens is 318 g/mol. The van der Waals surface area contributed by atoms with Crippen LogP contribution in [0, 0.1) is 10.1 Å². The standard InChI is InChI=1S/C15H21N3O4S/c19-18(20)15-3-1-13(2-4-15)16-7-5-14(6-8-16)17-9-11-23(21,22)12-10-17/h1-4,14H,5-12H2. The maximum Gasteiger partial charge on any atom is 0.269 e. The lowest BCUT2D eigenvalue weighted by molar-refractivity contribution is -0.384. The number of benzene rings is 1. The summed E-state index contributed by atoms with van der Waals surface area (Å²) in [6.07, 6.45) is 1.99. The molecule has 23 heavy (non-hydrogen) atoms. The Morgan fingerprint density at radius 2 is 1.57 bits per heavy atom. The molecular formula is C15H21N3O4S. The summed E-state index contributed by atoms with van der Waals surface area (Å²) < 4.78 is 23.0. The quantitative estimate of drug-likeness (QED) is 0.609. The second-order valence-corrected chi connectivity index (χ2v) is 8.48. The number of hydrogen-bond donors (Lipinski definition) is 0. The first-order valence-corrected chi connectivity index (χ1v) is 9.71. The van der Waals surface area contributed by atoms with Crippen molar-refractivity contribution in [3.05, 3.63) is 34.4 Å². The molecule has 0 spiro atoms. The van der Waals surface area contributed by atoms with Crippen molar-refractivity contribution >= 4 is 21.2 Å². The Labute approximate surface area is 136 Å². The molecule has 3 rings (SSSR count). The molecule has 0 aliphatic carbocycles. The molecule has 0 unspecified atom stereocenters.